The minimum atomic E-state index is -4.28. The zero-order valence-electron chi connectivity index (χ0n) is 15.0. The molecular formula is C14H19N5O9P-. The van der Waals surface area contributed by atoms with Crippen LogP contribution in [0.1, 0.15) is 12.6 Å². The number of nitrogens with two attached hydrogens (primary N) is 1. The second-order valence-electron chi connectivity index (χ2n) is 6.28. The van der Waals surface area contributed by atoms with E-state index in [1.54, 1.807) is 0 Å². The normalized spacial score (nSPS) is 24.0. The highest BCUT2D eigenvalue weighted by molar-refractivity contribution is 7.53. The summed E-state index contributed by atoms with van der Waals surface area (Å²) >= 11 is 0. The summed E-state index contributed by atoms with van der Waals surface area (Å²) in [5, 5.41) is 20.5. The maximum absolute atomic E-state index is 11.8. The van der Waals surface area contributed by atoms with Gasteiger partial charge in [-0.05, 0) is 0 Å². The van der Waals surface area contributed by atoms with Gasteiger partial charge in [0.05, 0.1) is 44.4 Å². The lowest BCUT2D eigenvalue weighted by molar-refractivity contribution is -0.301. The van der Waals surface area contributed by atoms with Crippen LogP contribution in [0.2, 0.25) is 0 Å². The van der Waals surface area contributed by atoms with Crippen LogP contribution < -0.4 is 16.4 Å². The number of hydrogen-bond donors (Lipinski definition) is 4. The maximum atomic E-state index is 11.8. The Morgan fingerprint density at radius 2 is 2.28 bits per heavy atom. The average Bonchev–Trinajstić information content (AvgIpc) is 3.17. The number of aliphatic hydroxyl groups excluding tert-OH is 1. The number of carboxylic acids is 1. The zero-order valence-corrected chi connectivity index (χ0v) is 15.9. The molecule has 1 saturated heterocycles. The van der Waals surface area contributed by atoms with Crippen molar-refractivity contribution in [1.29, 1.82) is 0 Å². The number of carboxylic acid groups (broad SMARTS) is 1. The molecule has 3 rings (SSSR count). The highest BCUT2D eigenvalue weighted by Gasteiger charge is 2.36. The third-order valence-electron chi connectivity index (χ3n) is 4.10. The Balaban J connectivity index is 1.52. The quantitative estimate of drug-likeness (QED) is 0.235. The van der Waals surface area contributed by atoms with E-state index in [9.17, 15) is 29.3 Å². The number of carbonyl (C=O) groups excluding carboxylic acids is 1. The Kier molecular flexibility index (Phi) is 6.31. The van der Waals surface area contributed by atoms with Crippen molar-refractivity contribution in [3.8, 4) is 0 Å². The Hall–Kier alpha value is -2.35. The summed E-state index contributed by atoms with van der Waals surface area (Å²) in [5.41, 5.74) is 5.35. The van der Waals surface area contributed by atoms with E-state index < -0.39 is 43.7 Å². The molecule has 0 bridgehead atoms. The minimum Gasteiger partial charge on any atom is -0.549 e. The van der Waals surface area contributed by atoms with Crippen LogP contribution in [0, 0.1) is 0 Å². The largest absolute Gasteiger partial charge is 0.549 e. The number of hydrogen-bond acceptors (Lipinski definition) is 11. The number of nitrogen functional groups attached to an aromatic ring is 1. The lowest BCUT2D eigenvalue weighted by Gasteiger charge is -2.16. The van der Waals surface area contributed by atoms with Crippen LogP contribution >= 0.6 is 7.60 Å². The van der Waals surface area contributed by atoms with Gasteiger partial charge in [0.25, 0.3) is 5.56 Å². The number of aliphatic hydroxyl groups is 1. The first-order valence-electron chi connectivity index (χ1n) is 8.46. The summed E-state index contributed by atoms with van der Waals surface area (Å²) in [5.74, 6) is -1.78. The molecule has 1 aliphatic rings. The smallest absolute Gasteiger partial charge is 0.333 e. The van der Waals surface area contributed by atoms with Gasteiger partial charge in [-0.3, -0.25) is 18.9 Å². The van der Waals surface area contributed by atoms with Crippen molar-refractivity contribution in [1.82, 2.24) is 19.5 Å². The molecule has 1 fully saturated rings. The number of ether oxygens (including phenoxy) is 2. The fraction of sp³-hybridized carbons (Fsp3) is 0.571. The van der Waals surface area contributed by atoms with E-state index in [1.165, 1.54) is 10.9 Å². The Morgan fingerprint density at radius 3 is 3.00 bits per heavy atom. The topological polar surface area (TPSA) is 215 Å². The van der Waals surface area contributed by atoms with Gasteiger partial charge in [0.15, 0.2) is 11.2 Å². The molecule has 14 nitrogen and oxygen atoms in total. The number of H-pyrrole nitrogens is 1. The summed E-state index contributed by atoms with van der Waals surface area (Å²) < 4.78 is 28.4. The van der Waals surface area contributed by atoms with Crippen LogP contribution in [0.4, 0.5) is 5.95 Å². The number of carbonyl (C=O) groups is 1. The molecule has 15 heteroatoms. The lowest BCUT2D eigenvalue weighted by Crippen LogP contribution is -2.28. The maximum Gasteiger partial charge on any atom is 0.333 e. The molecular weight excluding hydrogens is 413 g/mol. The van der Waals surface area contributed by atoms with Gasteiger partial charge < -0.3 is 39.6 Å². The molecule has 0 radical (unpaired) electrons. The fourth-order valence-electron chi connectivity index (χ4n) is 2.84. The molecule has 0 spiro atoms. The molecule has 0 aromatic carbocycles. The number of rotatable bonds is 9. The van der Waals surface area contributed by atoms with Gasteiger partial charge in [-0.1, -0.05) is 0 Å². The van der Waals surface area contributed by atoms with Crippen LogP contribution in [0.15, 0.2) is 11.1 Å². The summed E-state index contributed by atoms with van der Waals surface area (Å²) in [6.45, 7) is -0.512. The SMILES string of the molecule is Nc1nc2c(ncn2C2CC(O)C(COCCOP(=O)(O)CC(=O)[O-])O2)c(=O)[nH]1. The molecule has 3 heterocycles. The number of nitrogens with zero attached hydrogens (tertiary/aromatic N) is 3. The average molecular weight is 432 g/mol. The van der Waals surface area contributed by atoms with E-state index in [2.05, 4.69) is 19.5 Å². The van der Waals surface area contributed by atoms with Gasteiger partial charge in [0.1, 0.15) is 12.3 Å². The van der Waals surface area contributed by atoms with Gasteiger partial charge in [-0.25, -0.2) is 4.98 Å². The summed E-state index contributed by atoms with van der Waals surface area (Å²) in [6.07, 6.45) is -1.84. The van der Waals surface area contributed by atoms with Crippen molar-refractivity contribution >= 4 is 30.7 Å². The number of fused-ring (bicyclic) bond motifs is 1. The van der Waals surface area contributed by atoms with Crippen LogP contribution in [-0.2, 0) is 23.4 Å². The van der Waals surface area contributed by atoms with Crippen molar-refractivity contribution in [2.24, 2.45) is 0 Å². The Bertz CT molecular complexity index is 992. The van der Waals surface area contributed by atoms with Crippen molar-refractivity contribution < 1.29 is 38.5 Å². The van der Waals surface area contributed by atoms with E-state index in [4.69, 9.17) is 15.2 Å². The number of nitrogens with one attached hydrogen (secondary N) is 1. The molecule has 29 heavy (non-hydrogen) atoms. The number of aromatic amines is 1. The van der Waals surface area contributed by atoms with Gasteiger partial charge >= 0.3 is 7.60 Å². The first kappa shape index (κ1) is 21.4. The molecule has 2 aromatic heterocycles. The minimum absolute atomic E-state index is 0.0555. The van der Waals surface area contributed by atoms with E-state index in [0.29, 0.717) is 0 Å². The molecule has 4 unspecified atom stereocenters. The number of aromatic nitrogens is 4. The zero-order chi connectivity index (χ0) is 21.2. The summed E-state index contributed by atoms with van der Waals surface area (Å²) in [6, 6.07) is 0. The second-order valence-corrected chi connectivity index (χ2v) is 8.13. The third-order valence-corrected chi connectivity index (χ3v) is 5.34. The van der Waals surface area contributed by atoms with Gasteiger partial charge in [0, 0.05) is 6.42 Å². The molecule has 0 aliphatic carbocycles. The van der Waals surface area contributed by atoms with Crippen LogP contribution in [0.5, 0.6) is 0 Å². The molecule has 0 saturated carbocycles. The predicted molar refractivity (Wildman–Crippen MR) is 93.6 cm³/mol. The molecule has 0 amide bonds. The third kappa shape index (κ3) is 5.18. The lowest BCUT2D eigenvalue weighted by atomic mass is 10.2. The molecule has 1 aliphatic heterocycles. The van der Waals surface area contributed by atoms with Crippen molar-refractivity contribution in [3.05, 3.63) is 16.7 Å². The highest BCUT2D eigenvalue weighted by Crippen LogP contribution is 2.40. The number of aliphatic carboxylic acids is 1. The van der Waals surface area contributed by atoms with Crippen molar-refractivity contribution in [2.45, 2.75) is 24.9 Å². The Morgan fingerprint density at radius 1 is 1.52 bits per heavy atom. The number of anilines is 1. The number of imidazole rings is 1. The molecule has 5 N–H and O–H groups in total. The first-order chi connectivity index (χ1) is 13.7. The highest BCUT2D eigenvalue weighted by atomic mass is 31.2. The van der Waals surface area contributed by atoms with Gasteiger partial charge in [0.2, 0.25) is 5.95 Å². The van der Waals surface area contributed by atoms with Gasteiger partial charge in [-0.15, -0.1) is 0 Å². The fourth-order valence-corrected chi connectivity index (χ4v) is 3.61. The summed E-state index contributed by atoms with van der Waals surface area (Å²) in [4.78, 5) is 41.8. The summed E-state index contributed by atoms with van der Waals surface area (Å²) in [7, 11) is -4.28. The second kappa shape index (κ2) is 8.57. The van der Waals surface area contributed by atoms with Gasteiger partial charge in [-0.2, -0.15) is 4.98 Å². The Labute approximate surface area is 162 Å². The molecule has 4 atom stereocenters. The predicted octanol–water partition coefficient (Wildman–Crippen LogP) is -2.68. The van der Waals surface area contributed by atoms with E-state index >= 15 is 0 Å². The van der Waals surface area contributed by atoms with Crippen LogP contribution in [0.25, 0.3) is 11.2 Å². The van der Waals surface area contributed by atoms with Crippen molar-refractivity contribution in [2.75, 3.05) is 31.7 Å². The van der Waals surface area contributed by atoms with Crippen molar-refractivity contribution in [3.63, 3.8) is 0 Å². The van der Waals surface area contributed by atoms with E-state index in [1.807, 2.05) is 0 Å². The monoisotopic (exact) mass is 432 g/mol. The molecule has 160 valence electrons. The van der Waals surface area contributed by atoms with Crippen LogP contribution in [0.3, 0.4) is 0 Å². The molecule has 2 aromatic rings. The standard InChI is InChI=1S/C14H20N5O9P/c15-14-17-12-11(13(23)18-14)16-6-19(12)9-3-7(20)8(28-9)4-26-1-2-27-29(24,25)5-10(21)22/h6-9,20H,1-5H2,(H,21,22)(H,24,25)(H3,15,17,18,23)/p-1. The van der Waals surface area contributed by atoms with E-state index in [0.717, 1.165) is 0 Å². The first-order valence-corrected chi connectivity index (χ1v) is 10.2. The van der Waals surface area contributed by atoms with E-state index in [-0.39, 0.29) is 43.4 Å². The van der Waals surface area contributed by atoms with Crippen LogP contribution in [-0.4, -0.2) is 73.7 Å².